The lowest BCUT2D eigenvalue weighted by Gasteiger charge is -2.52. The van der Waals surface area contributed by atoms with Gasteiger partial charge < -0.3 is 10.2 Å². The lowest BCUT2D eigenvalue weighted by Crippen LogP contribution is -2.73. The first-order valence-corrected chi connectivity index (χ1v) is 13.1. The Morgan fingerprint density at radius 2 is 1.91 bits per heavy atom. The number of likely N-dealkylation sites (tertiary alicyclic amines) is 1. The van der Waals surface area contributed by atoms with E-state index in [1.54, 1.807) is 0 Å². The molecule has 35 heavy (non-hydrogen) atoms. The fourth-order valence-electron chi connectivity index (χ4n) is 5.81. The third-order valence-electron chi connectivity index (χ3n) is 7.67. The molecule has 1 spiro atoms. The number of nitrogens with zero attached hydrogens (tertiary/aromatic N) is 4. The first kappa shape index (κ1) is 25.4. The van der Waals surface area contributed by atoms with Gasteiger partial charge in [-0.15, -0.1) is 0 Å². The first-order chi connectivity index (χ1) is 16.8. The average molecular weight is 481 g/mol. The van der Waals surface area contributed by atoms with Crippen LogP contribution in [0.2, 0.25) is 0 Å². The summed E-state index contributed by atoms with van der Waals surface area (Å²) in [5.41, 5.74) is 3.34. The molecule has 2 aromatic heterocycles. The molecule has 0 radical (unpaired) electrons. The molecule has 2 amide bonds. The molecule has 2 aromatic rings. The van der Waals surface area contributed by atoms with Gasteiger partial charge in [-0.2, -0.15) is 5.10 Å². The SMILES string of the molecule is CCCCN1C(=O)[C@H](CC(C)C)NC(=O)C12CCN(C(c1ccccn1)c1c(C)n[nH]c1C)CC2. The summed E-state index contributed by atoms with van der Waals surface area (Å²) in [5.74, 6) is 0.445. The first-order valence-electron chi connectivity index (χ1n) is 13.1. The van der Waals surface area contributed by atoms with Gasteiger partial charge in [0.25, 0.3) is 0 Å². The highest BCUT2D eigenvalue weighted by atomic mass is 16.2. The summed E-state index contributed by atoms with van der Waals surface area (Å²) in [5, 5.41) is 10.7. The number of piperidine rings is 1. The van der Waals surface area contributed by atoms with Crippen LogP contribution >= 0.6 is 0 Å². The number of aromatic amines is 1. The molecule has 8 nitrogen and oxygen atoms in total. The van der Waals surface area contributed by atoms with Crippen LogP contribution in [0, 0.1) is 19.8 Å². The molecular weight excluding hydrogens is 440 g/mol. The van der Waals surface area contributed by atoms with Crippen molar-refractivity contribution in [2.75, 3.05) is 19.6 Å². The van der Waals surface area contributed by atoms with Crippen LogP contribution in [0.5, 0.6) is 0 Å². The molecule has 8 heteroatoms. The third kappa shape index (κ3) is 4.85. The smallest absolute Gasteiger partial charge is 0.246 e. The van der Waals surface area contributed by atoms with Gasteiger partial charge in [0, 0.05) is 37.1 Å². The number of carbonyl (C=O) groups excluding carboxylic acids is 2. The van der Waals surface area contributed by atoms with Gasteiger partial charge in [0.1, 0.15) is 11.6 Å². The third-order valence-corrected chi connectivity index (χ3v) is 7.67. The largest absolute Gasteiger partial charge is 0.342 e. The maximum Gasteiger partial charge on any atom is 0.246 e. The minimum atomic E-state index is -0.772. The molecule has 4 heterocycles. The lowest BCUT2D eigenvalue weighted by atomic mass is 9.80. The molecule has 0 bridgehead atoms. The maximum absolute atomic E-state index is 13.6. The second-order valence-electron chi connectivity index (χ2n) is 10.6. The van der Waals surface area contributed by atoms with E-state index < -0.39 is 11.6 Å². The Morgan fingerprint density at radius 1 is 1.17 bits per heavy atom. The number of nitrogens with one attached hydrogen (secondary N) is 2. The average Bonchev–Trinajstić information content (AvgIpc) is 3.17. The fourth-order valence-corrected chi connectivity index (χ4v) is 5.81. The number of hydrogen-bond acceptors (Lipinski definition) is 5. The molecule has 2 aliphatic heterocycles. The van der Waals surface area contributed by atoms with Crippen LogP contribution in [-0.2, 0) is 9.59 Å². The number of rotatable bonds is 8. The summed E-state index contributed by atoms with van der Waals surface area (Å²) >= 11 is 0. The Balaban J connectivity index is 1.62. The Kier molecular flexibility index (Phi) is 7.59. The van der Waals surface area contributed by atoms with Crippen LogP contribution in [0.4, 0.5) is 0 Å². The minimum Gasteiger partial charge on any atom is -0.342 e. The van der Waals surface area contributed by atoms with Crippen LogP contribution in [0.15, 0.2) is 24.4 Å². The van der Waals surface area contributed by atoms with E-state index in [4.69, 9.17) is 0 Å². The van der Waals surface area contributed by atoms with Crippen LogP contribution in [-0.4, -0.2) is 68.0 Å². The zero-order valence-electron chi connectivity index (χ0n) is 21.8. The monoisotopic (exact) mass is 480 g/mol. The summed E-state index contributed by atoms with van der Waals surface area (Å²) in [4.78, 5) is 36.2. The van der Waals surface area contributed by atoms with Gasteiger partial charge in [0.15, 0.2) is 0 Å². The van der Waals surface area contributed by atoms with Crippen molar-refractivity contribution < 1.29 is 9.59 Å². The summed E-state index contributed by atoms with van der Waals surface area (Å²) in [6, 6.07) is 5.54. The van der Waals surface area contributed by atoms with Gasteiger partial charge in [-0.05, 0) is 57.6 Å². The van der Waals surface area contributed by atoms with E-state index in [-0.39, 0.29) is 17.9 Å². The van der Waals surface area contributed by atoms with Crippen molar-refractivity contribution in [1.29, 1.82) is 0 Å². The quantitative estimate of drug-likeness (QED) is 0.603. The van der Waals surface area contributed by atoms with Gasteiger partial charge >= 0.3 is 0 Å². The highest BCUT2D eigenvalue weighted by Crippen LogP contribution is 2.39. The molecular formula is C27H40N6O2. The second-order valence-corrected chi connectivity index (χ2v) is 10.6. The number of aryl methyl sites for hydroxylation is 2. The van der Waals surface area contributed by atoms with Crippen molar-refractivity contribution in [1.82, 2.24) is 30.3 Å². The van der Waals surface area contributed by atoms with Gasteiger partial charge in [0.05, 0.1) is 17.4 Å². The normalized spacial score (nSPS) is 21.5. The Hall–Kier alpha value is -2.74. The molecule has 2 aliphatic rings. The van der Waals surface area contributed by atoms with Gasteiger partial charge in [-0.3, -0.25) is 24.6 Å². The summed E-state index contributed by atoms with van der Waals surface area (Å²) in [6.45, 7) is 12.4. The number of aromatic nitrogens is 3. The van der Waals surface area contributed by atoms with Crippen LogP contribution in [0.3, 0.4) is 0 Å². The molecule has 190 valence electrons. The van der Waals surface area contributed by atoms with Crippen LogP contribution < -0.4 is 5.32 Å². The van der Waals surface area contributed by atoms with E-state index in [9.17, 15) is 9.59 Å². The summed E-state index contributed by atoms with van der Waals surface area (Å²) in [7, 11) is 0. The molecule has 2 atom stereocenters. The summed E-state index contributed by atoms with van der Waals surface area (Å²) in [6.07, 6.45) is 5.62. The predicted molar refractivity (Wildman–Crippen MR) is 136 cm³/mol. The maximum atomic E-state index is 13.6. The van der Waals surface area contributed by atoms with E-state index in [1.807, 2.05) is 37.1 Å². The van der Waals surface area contributed by atoms with E-state index >= 15 is 0 Å². The number of piperazine rings is 1. The molecule has 2 saturated heterocycles. The molecule has 1 unspecified atom stereocenters. The molecule has 0 saturated carbocycles. The molecule has 2 fully saturated rings. The zero-order chi connectivity index (χ0) is 25.2. The van der Waals surface area contributed by atoms with Gasteiger partial charge in [-0.25, -0.2) is 0 Å². The van der Waals surface area contributed by atoms with Gasteiger partial charge in [0.2, 0.25) is 11.8 Å². The Labute approximate surface area is 208 Å². The van der Waals surface area contributed by atoms with Crippen LogP contribution in [0.1, 0.15) is 81.6 Å². The van der Waals surface area contributed by atoms with E-state index in [2.05, 4.69) is 52.2 Å². The second kappa shape index (κ2) is 10.5. The van der Waals surface area contributed by atoms with Crippen molar-refractivity contribution in [3.8, 4) is 0 Å². The lowest BCUT2D eigenvalue weighted by molar-refractivity contribution is -0.162. The minimum absolute atomic E-state index is 0.0172. The Morgan fingerprint density at radius 3 is 2.49 bits per heavy atom. The van der Waals surface area contributed by atoms with Crippen molar-refractivity contribution in [2.24, 2.45) is 5.92 Å². The van der Waals surface area contributed by atoms with E-state index in [0.717, 1.165) is 35.5 Å². The number of unbranched alkanes of at least 4 members (excludes halogenated alkanes) is 1. The topological polar surface area (TPSA) is 94.2 Å². The molecule has 0 aromatic carbocycles. The number of amides is 2. The van der Waals surface area contributed by atoms with Gasteiger partial charge in [-0.1, -0.05) is 33.3 Å². The molecule has 2 N–H and O–H groups in total. The fraction of sp³-hybridized carbons (Fsp3) is 0.630. The highest BCUT2D eigenvalue weighted by Gasteiger charge is 2.54. The van der Waals surface area contributed by atoms with Crippen molar-refractivity contribution >= 4 is 11.8 Å². The highest BCUT2D eigenvalue weighted by molar-refractivity contribution is 6.00. The summed E-state index contributed by atoms with van der Waals surface area (Å²) < 4.78 is 0. The van der Waals surface area contributed by atoms with Crippen LogP contribution in [0.25, 0.3) is 0 Å². The van der Waals surface area contributed by atoms with E-state index in [0.29, 0.717) is 44.8 Å². The predicted octanol–water partition coefficient (Wildman–Crippen LogP) is 3.52. The zero-order valence-corrected chi connectivity index (χ0v) is 21.8. The standard InChI is InChI=1S/C27H40N6O2/c1-6-7-14-33-25(34)22(17-18(2)3)29-26(35)27(33)11-15-32(16-12-27)24(21-10-8-9-13-28-21)23-19(4)30-31-20(23)5/h8-10,13,18,22,24H,6-7,11-12,14-17H2,1-5H3,(H,29,35)(H,30,31)/t22-,24?/m0/s1. The number of pyridine rings is 1. The number of carbonyl (C=O) groups is 2. The number of hydrogen-bond donors (Lipinski definition) is 2. The van der Waals surface area contributed by atoms with Crippen molar-refractivity contribution in [3.05, 3.63) is 47.0 Å². The Bertz CT molecular complexity index is 1010. The van der Waals surface area contributed by atoms with Crippen molar-refractivity contribution in [3.63, 3.8) is 0 Å². The van der Waals surface area contributed by atoms with Crippen molar-refractivity contribution in [2.45, 2.75) is 84.3 Å². The molecule has 0 aliphatic carbocycles. The molecule has 4 rings (SSSR count). The van der Waals surface area contributed by atoms with E-state index in [1.165, 1.54) is 0 Å². The number of H-pyrrole nitrogens is 1.